The maximum Gasteiger partial charge on any atom is 0.0958 e. The topological polar surface area (TPSA) is 25.4 Å². The van der Waals surface area contributed by atoms with Gasteiger partial charge in [0.25, 0.3) is 0 Å². The summed E-state index contributed by atoms with van der Waals surface area (Å²) in [5.41, 5.74) is 2.57. The van der Waals surface area contributed by atoms with Gasteiger partial charge in [-0.05, 0) is 31.7 Å². The molecule has 0 aromatic carbocycles. The molecule has 1 aromatic rings. The molecule has 96 valence electrons. The number of hydrogen-bond donors (Lipinski definition) is 0. The molecule has 1 heterocycles. The van der Waals surface area contributed by atoms with Gasteiger partial charge in [-0.1, -0.05) is 17.7 Å². The van der Waals surface area contributed by atoms with Crippen molar-refractivity contribution in [2.24, 2.45) is 0 Å². The van der Waals surface area contributed by atoms with Gasteiger partial charge >= 0.3 is 0 Å². The minimum Gasteiger partial charge on any atom is -0.501 e. The van der Waals surface area contributed by atoms with E-state index in [1.54, 1.807) is 7.11 Å². The number of aromatic nitrogens is 1. The largest absolute Gasteiger partial charge is 0.501 e. The van der Waals surface area contributed by atoms with Gasteiger partial charge in [0.05, 0.1) is 18.6 Å². The summed E-state index contributed by atoms with van der Waals surface area (Å²) in [6.45, 7) is 1.88. The molecule has 0 atom stereocenters. The Balaban J connectivity index is 1.87. The van der Waals surface area contributed by atoms with E-state index in [0.29, 0.717) is 0 Å². The zero-order chi connectivity index (χ0) is 12.8. The SMILES string of the molecule is COC1=CC=C(CN(C)Cc2ccccn2)CC1. The van der Waals surface area contributed by atoms with Gasteiger partial charge in [-0.15, -0.1) is 0 Å². The Bertz CT molecular complexity index is 437. The Morgan fingerprint density at radius 2 is 2.11 bits per heavy atom. The first-order valence-corrected chi connectivity index (χ1v) is 6.29. The van der Waals surface area contributed by atoms with Crippen LogP contribution in [0.15, 0.2) is 47.9 Å². The van der Waals surface area contributed by atoms with E-state index in [2.05, 4.69) is 35.1 Å². The monoisotopic (exact) mass is 244 g/mol. The van der Waals surface area contributed by atoms with Gasteiger partial charge in [-0.3, -0.25) is 9.88 Å². The zero-order valence-electron chi connectivity index (χ0n) is 11.1. The highest BCUT2D eigenvalue weighted by Gasteiger charge is 2.09. The van der Waals surface area contributed by atoms with Gasteiger partial charge in [0, 0.05) is 25.7 Å². The molecule has 0 spiro atoms. The molecular weight excluding hydrogens is 224 g/mol. The molecule has 0 aliphatic heterocycles. The van der Waals surface area contributed by atoms with E-state index in [4.69, 9.17) is 4.74 Å². The number of methoxy groups -OCH3 is 1. The minimum atomic E-state index is 0.888. The van der Waals surface area contributed by atoms with Crippen LogP contribution in [0.5, 0.6) is 0 Å². The van der Waals surface area contributed by atoms with E-state index >= 15 is 0 Å². The van der Waals surface area contributed by atoms with Crippen LogP contribution in [0, 0.1) is 0 Å². The number of hydrogen-bond acceptors (Lipinski definition) is 3. The first-order valence-electron chi connectivity index (χ1n) is 6.29. The van der Waals surface area contributed by atoms with Crippen LogP contribution in [0.4, 0.5) is 0 Å². The molecule has 1 aliphatic carbocycles. The second-order valence-electron chi connectivity index (χ2n) is 4.66. The van der Waals surface area contributed by atoms with E-state index < -0.39 is 0 Å². The van der Waals surface area contributed by atoms with Crippen LogP contribution < -0.4 is 0 Å². The molecule has 2 rings (SSSR count). The molecule has 1 aromatic heterocycles. The maximum absolute atomic E-state index is 5.23. The van der Waals surface area contributed by atoms with Crippen LogP contribution in [0.25, 0.3) is 0 Å². The van der Waals surface area contributed by atoms with Gasteiger partial charge in [0.2, 0.25) is 0 Å². The third kappa shape index (κ3) is 3.70. The predicted octanol–water partition coefficient (Wildman–Crippen LogP) is 2.76. The van der Waals surface area contributed by atoms with Crippen LogP contribution in [-0.4, -0.2) is 30.6 Å². The molecule has 1 aliphatic rings. The average Bonchev–Trinajstić information content (AvgIpc) is 2.40. The summed E-state index contributed by atoms with van der Waals surface area (Å²) in [5.74, 6) is 1.08. The smallest absolute Gasteiger partial charge is 0.0958 e. The van der Waals surface area contributed by atoms with Crippen molar-refractivity contribution in [1.29, 1.82) is 0 Å². The van der Waals surface area contributed by atoms with Gasteiger partial charge in [0.15, 0.2) is 0 Å². The van der Waals surface area contributed by atoms with E-state index in [1.807, 2.05) is 18.3 Å². The molecule has 0 unspecified atom stereocenters. The van der Waals surface area contributed by atoms with Crippen molar-refractivity contribution in [1.82, 2.24) is 9.88 Å². The highest BCUT2D eigenvalue weighted by atomic mass is 16.5. The van der Waals surface area contributed by atoms with Crippen LogP contribution in [-0.2, 0) is 11.3 Å². The lowest BCUT2D eigenvalue weighted by Gasteiger charge is -2.20. The lowest BCUT2D eigenvalue weighted by molar-refractivity contribution is 0.273. The fourth-order valence-corrected chi connectivity index (χ4v) is 2.13. The van der Waals surface area contributed by atoms with Gasteiger partial charge in [-0.2, -0.15) is 0 Å². The Kier molecular flexibility index (Phi) is 4.53. The Morgan fingerprint density at radius 1 is 1.22 bits per heavy atom. The third-order valence-electron chi connectivity index (χ3n) is 3.09. The van der Waals surface area contributed by atoms with Crippen molar-refractivity contribution in [2.75, 3.05) is 20.7 Å². The van der Waals surface area contributed by atoms with Crippen molar-refractivity contribution >= 4 is 0 Å². The van der Waals surface area contributed by atoms with Crippen LogP contribution >= 0.6 is 0 Å². The standard InChI is InChI=1S/C15H20N2O/c1-17(12-14-5-3-4-10-16-14)11-13-6-8-15(18-2)9-7-13/h3-6,8,10H,7,9,11-12H2,1-2H3. The molecule has 0 bridgehead atoms. The van der Waals surface area contributed by atoms with E-state index in [0.717, 1.165) is 37.4 Å². The summed E-state index contributed by atoms with van der Waals surface area (Å²) >= 11 is 0. The van der Waals surface area contributed by atoms with Crippen molar-refractivity contribution in [3.05, 3.63) is 53.6 Å². The maximum atomic E-state index is 5.23. The van der Waals surface area contributed by atoms with Gasteiger partial charge in [-0.25, -0.2) is 0 Å². The molecule has 0 radical (unpaired) electrons. The Hall–Kier alpha value is -1.61. The number of pyridine rings is 1. The summed E-state index contributed by atoms with van der Waals surface area (Å²) < 4.78 is 5.23. The second-order valence-corrected chi connectivity index (χ2v) is 4.66. The van der Waals surface area contributed by atoms with Gasteiger partial charge < -0.3 is 4.74 Å². The fourth-order valence-electron chi connectivity index (χ4n) is 2.13. The molecular formula is C15H20N2O. The predicted molar refractivity (Wildman–Crippen MR) is 73.0 cm³/mol. The van der Waals surface area contributed by atoms with Crippen molar-refractivity contribution in [3.8, 4) is 0 Å². The molecule has 0 N–H and O–H groups in total. The number of nitrogens with zero attached hydrogens (tertiary/aromatic N) is 2. The zero-order valence-corrected chi connectivity index (χ0v) is 11.1. The normalized spacial score (nSPS) is 15.3. The number of likely N-dealkylation sites (N-methyl/N-ethyl adjacent to an activating group) is 1. The van der Waals surface area contributed by atoms with Crippen molar-refractivity contribution < 1.29 is 4.74 Å². The average molecular weight is 244 g/mol. The summed E-state index contributed by atoms with van der Waals surface area (Å²) in [4.78, 5) is 6.64. The van der Waals surface area contributed by atoms with Crippen LogP contribution in [0.3, 0.4) is 0 Å². The third-order valence-corrected chi connectivity index (χ3v) is 3.09. The van der Waals surface area contributed by atoms with E-state index in [-0.39, 0.29) is 0 Å². The Labute approximate surface area is 109 Å². The lowest BCUT2D eigenvalue weighted by Crippen LogP contribution is -2.21. The molecule has 0 fully saturated rings. The molecule has 3 heteroatoms. The highest BCUT2D eigenvalue weighted by Crippen LogP contribution is 2.19. The quantitative estimate of drug-likeness (QED) is 0.796. The van der Waals surface area contributed by atoms with Crippen LogP contribution in [0.2, 0.25) is 0 Å². The molecule has 0 saturated carbocycles. The van der Waals surface area contributed by atoms with Crippen LogP contribution in [0.1, 0.15) is 18.5 Å². The van der Waals surface area contributed by atoms with Crippen molar-refractivity contribution in [2.45, 2.75) is 19.4 Å². The summed E-state index contributed by atoms with van der Waals surface area (Å²) in [6.07, 6.45) is 8.20. The minimum absolute atomic E-state index is 0.888. The summed E-state index contributed by atoms with van der Waals surface area (Å²) in [6, 6.07) is 6.04. The van der Waals surface area contributed by atoms with E-state index in [9.17, 15) is 0 Å². The summed E-state index contributed by atoms with van der Waals surface area (Å²) in [5, 5.41) is 0. The first-order chi connectivity index (χ1) is 8.78. The lowest BCUT2D eigenvalue weighted by atomic mass is 10.0. The Morgan fingerprint density at radius 3 is 2.72 bits per heavy atom. The number of allylic oxidation sites excluding steroid dienone is 3. The molecule has 0 amide bonds. The fraction of sp³-hybridized carbons (Fsp3) is 0.400. The van der Waals surface area contributed by atoms with E-state index in [1.165, 1.54) is 5.57 Å². The van der Waals surface area contributed by atoms with Crippen molar-refractivity contribution in [3.63, 3.8) is 0 Å². The van der Waals surface area contributed by atoms with Gasteiger partial charge in [0.1, 0.15) is 0 Å². The number of rotatable bonds is 5. The first kappa shape index (κ1) is 12.8. The number of ether oxygens (including phenoxy) is 1. The molecule has 0 saturated heterocycles. The molecule has 3 nitrogen and oxygen atoms in total. The summed E-state index contributed by atoms with van der Waals surface area (Å²) in [7, 11) is 3.86. The molecule has 18 heavy (non-hydrogen) atoms. The second kappa shape index (κ2) is 6.36. The highest BCUT2D eigenvalue weighted by molar-refractivity contribution is 5.22.